The Morgan fingerprint density at radius 1 is 1.86 bits per heavy atom. The molecule has 0 bridgehead atoms. The predicted molar refractivity (Wildman–Crippen MR) is 20.2 cm³/mol. The molecule has 0 saturated carbocycles. The highest BCUT2D eigenvalue weighted by Gasteiger charge is 1.85. The lowest BCUT2D eigenvalue weighted by atomic mass is 10.8. The smallest absolute Gasteiger partial charge is 0.324 e. The number of hydrogen-bond donors (Lipinski definition) is 2. The van der Waals surface area contributed by atoms with Gasteiger partial charge in [0, 0.05) is 6.92 Å². The van der Waals surface area contributed by atoms with E-state index in [4.69, 9.17) is 0 Å². The van der Waals surface area contributed by atoms with Gasteiger partial charge in [-0.3, -0.25) is 4.79 Å². The van der Waals surface area contributed by atoms with Crippen molar-refractivity contribution in [2.45, 2.75) is 6.92 Å². The first kappa shape index (κ1) is 6.35. The molecule has 0 heterocycles. The first-order chi connectivity index (χ1) is 3.27. The molecular formula is C2H6N2O3. The van der Waals surface area contributed by atoms with Gasteiger partial charge in [0.1, 0.15) is 0 Å². The van der Waals surface area contributed by atoms with Gasteiger partial charge in [0.2, 0.25) is 0 Å². The van der Waals surface area contributed by atoms with Gasteiger partial charge >= 0.3 is 5.97 Å². The molecule has 5 heteroatoms. The average molecular weight is 106 g/mol. The molecule has 0 aromatic carbocycles. The van der Waals surface area contributed by atoms with E-state index >= 15 is 0 Å². The van der Waals surface area contributed by atoms with Crippen molar-refractivity contribution in [3.63, 3.8) is 0 Å². The molecule has 0 aromatic rings. The van der Waals surface area contributed by atoms with Crippen LogP contribution in [0, 0.1) is 0 Å². The van der Waals surface area contributed by atoms with Crippen molar-refractivity contribution in [1.82, 2.24) is 5.64 Å². The maximum atomic E-state index is 9.78. The van der Waals surface area contributed by atoms with Gasteiger partial charge in [-0.2, -0.15) is 10.8 Å². The number of nitrogens with two attached hydrogens (primary N) is 1. The molecule has 0 fully saturated rings. The van der Waals surface area contributed by atoms with Crippen LogP contribution in [-0.2, 0) is 14.6 Å². The molecule has 5 nitrogen and oxygen atoms in total. The fraction of sp³-hybridized carbons (Fsp3) is 0.500. The maximum absolute atomic E-state index is 9.78. The number of carbonyl (C=O) groups excluding carboxylic acids is 1. The van der Waals surface area contributed by atoms with E-state index in [1.165, 1.54) is 6.92 Å². The van der Waals surface area contributed by atoms with Crippen LogP contribution in [0.3, 0.4) is 0 Å². The summed E-state index contributed by atoms with van der Waals surface area (Å²) in [7, 11) is 0. The highest BCUT2D eigenvalue weighted by molar-refractivity contribution is 5.65. The third-order valence-corrected chi connectivity index (χ3v) is 0.234. The first-order valence-electron chi connectivity index (χ1n) is 1.55. The van der Waals surface area contributed by atoms with E-state index in [-0.39, 0.29) is 0 Å². The van der Waals surface area contributed by atoms with Crippen molar-refractivity contribution in [2.24, 2.45) is 5.90 Å². The summed E-state index contributed by atoms with van der Waals surface area (Å²) in [5.74, 6) is 3.88. The van der Waals surface area contributed by atoms with Crippen LogP contribution in [0.5, 0.6) is 0 Å². The normalized spacial score (nSPS) is 8.29. The van der Waals surface area contributed by atoms with Crippen molar-refractivity contribution in [1.29, 1.82) is 0 Å². The minimum atomic E-state index is -0.509. The highest BCUT2D eigenvalue weighted by Crippen LogP contribution is 1.63. The molecule has 0 aliphatic heterocycles. The lowest BCUT2D eigenvalue weighted by Crippen LogP contribution is -2.21. The van der Waals surface area contributed by atoms with Crippen molar-refractivity contribution in [3.8, 4) is 0 Å². The molecule has 0 rings (SSSR count). The molecule has 0 aliphatic carbocycles. The van der Waals surface area contributed by atoms with Gasteiger partial charge in [-0.05, 0) is 5.64 Å². The van der Waals surface area contributed by atoms with E-state index in [0.717, 1.165) is 0 Å². The van der Waals surface area contributed by atoms with Crippen LogP contribution in [0.1, 0.15) is 6.92 Å². The van der Waals surface area contributed by atoms with E-state index in [1.807, 2.05) is 0 Å². The summed E-state index contributed by atoms with van der Waals surface area (Å²) in [6, 6.07) is 0. The van der Waals surface area contributed by atoms with Crippen molar-refractivity contribution >= 4 is 5.97 Å². The molecule has 0 unspecified atom stereocenters. The van der Waals surface area contributed by atoms with E-state index < -0.39 is 5.97 Å². The van der Waals surface area contributed by atoms with Crippen LogP contribution in [0.15, 0.2) is 0 Å². The van der Waals surface area contributed by atoms with Crippen LogP contribution in [0.2, 0.25) is 0 Å². The first-order valence-corrected chi connectivity index (χ1v) is 1.55. The van der Waals surface area contributed by atoms with Crippen LogP contribution in [-0.4, -0.2) is 5.97 Å². The average Bonchev–Trinajstić information content (AvgIpc) is 1.61. The van der Waals surface area contributed by atoms with Crippen LogP contribution < -0.4 is 11.5 Å². The van der Waals surface area contributed by atoms with Gasteiger partial charge in [0.15, 0.2) is 0 Å². The quantitative estimate of drug-likeness (QED) is 0.435. The van der Waals surface area contributed by atoms with Crippen LogP contribution >= 0.6 is 0 Å². The third kappa shape index (κ3) is 5.35. The van der Waals surface area contributed by atoms with Gasteiger partial charge in [-0.1, -0.05) is 0 Å². The second kappa shape index (κ2) is 3.54. The second-order valence-corrected chi connectivity index (χ2v) is 0.795. The predicted octanol–water partition coefficient (Wildman–Crippen LogP) is -1.14. The van der Waals surface area contributed by atoms with E-state index in [9.17, 15) is 4.79 Å². The summed E-state index contributed by atoms with van der Waals surface area (Å²) in [5.41, 5.74) is 1.68. The molecule has 0 spiro atoms. The lowest BCUT2D eigenvalue weighted by Gasteiger charge is -1.94. The molecule has 7 heavy (non-hydrogen) atoms. The fourth-order valence-electron chi connectivity index (χ4n) is 0.0827. The number of hydrogen-bond acceptors (Lipinski definition) is 5. The Morgan fingerprint density at radius 2 is 2.43 bits per heavy atom. The topological polar surface area (TPSA) is 73.6 Å². The van der Waals surface area contributed by atoms with Gasteiger partial charge in [-0.15, -0.1) is 0 Å². The molecule has 0 radical (unpaired) electrons. The van der Waals surface area contributed by atoms with E-state index in [0.29, 0.717) is 0 Å². The zero-order valence-corrected chi connectivity index (χ0v) is 3.80. The van der Waals surface area contributed by atoms with Crippen molar-refractivity contribution in [3.05, 3.63) is 0 Å². The molecule has 0 aromatic heterocycles. The maximum Gasteiger partial charge on any atom is 0.324 e. The Balaban J connectivity index is 2.82. The van der Waals surface area contributed by atoms with Crippen LogP contribution in [0.25, 0.3) is 0 Å². The third-order valence-electron chi connectivity index (χ3n) is 0.234. The zero-order chi connectivity index (χ0) is 5.70. The van der Waals surface area contributed by atoms with Gasteiger partial charge in [0.25, 0.3) is 0 Å². The molecule has 0 saturated heterocycles. The SMILES string of the molecule is CC(=O)ONON. The molecular weight excluding hydrogens is 100 g/mol. The Bertz CT molecular complexity index is 64.0. The monoisotopic (exact) mass is 106 g/mol. The fourth-order valence-corrected chi connectivity index (χ4v) is 0.0827. The Labute approximate surface area is 40.2 Å². The van der Waals surface area contributed by atoms with Gasteiger partial charge < -0.3 is 4.84 Å². The highest BCUT2D eigenvalue weighted by atomic mass is 17.0. The minimum absolute atomic E-state index is 0.509. The Morgan fingerprint density at radius 3 is 2.57 bits per heavy atom. The molecule has 0 amide bonds. The van der Waals surface area contributed by atoms with E-state index in [1.54, 1.807) is 5.64 Å². The van der Waals surface area contributed by atoms with Crippen molar-refractivity contribution in [2.75, 3.05) is 0 Å². The standard InChI is InChI=1S/C2H6N2O3/c1-2(5)6-4-7-3/h4H,3H2,1H3. The Hall–Kier alpha value is -0.650. The largest absolute Gasteiger partial charge is 0.344 e. The number of carbonyl (C=O) groups is 1. The summed E-state index contributed by atoms with van der Waals surface area (Å²) in [6.07, 6.45) is 0. The zero-order valence-electron chi connectivity index (χ0n) is 3.80. The van der Waals surface area contributed by atoms with Gasteiger partial charge in [-0.25, -0.2) is 0 Å². The second-order valence-electron chi connectivity index (χ2n) is 0.795. The summed E-state index contributed by atoms with van der Waals surface area (Å²) in [4.78, 5) is 17.4. The molecule has 0 aliphatic rings. The number of rotatable bonds is 2. The van der Waals surface area contributed by atoms with Gasteiger partial charge in [0.05, 0.1) is 0 Å². The summed E-state index contributed by atoms with van der Waals surface area (Å²) in [5, 5.41) is 0. The molecule has 3 N–H and O–H groups in total. The van der Waals surface area contributed by atoms with Crippen molar-refractivity contribution < 1.29 is 14.6 Å². The summed E-state index contributed by atoms with van der Waals surface area (Å²) >= 11 is 0. The lowest BCUT2D eigenvalue weighted by molar-refractivity contribution is -0.190. The Kier molecular flexibility index (Phi) is 3.21. The van der Waals surface area contributed by atoms with E-state index in [2.05, 4.69) is 15.7 Å². The summed E-state index contributed by atoms with van der Waals surface area (Å²) < 4.78 is 0. The summed E-state index contributed by atoms with van der Waals surface area (Å²) in [6.45, 7) is 1.21. The number of nitrogens with one attached hydrogen (secondary N) is 1. The van der Waals surface area contributed by atoms with Crippen LogP contribution in [0.4, 0.5) is 0 Å². The minimum Gasteiger partial charge on any atom is -0.344 e. The molecule has 42 valence electrons. The molecule has 0 atom stereocenters.